The predicted octanol–water partition coefficient (Wildman–Crippen LogP) is 1.35. The summed E-state index contributed by atoms with van der Waals surface area (Å²) in [6.45, 7) is 4.82. The minimum atomic E-state index is 0.326. The normalized spacial score (nSPS) is 27.2. The molecule has 3 N–H and O–H groups in total. The Kier molecular flexibility index (Phi) is 6.22. The van der Waals surface area contributed by atoms with Gasteiger partial charge in [0.1, 0.15) is 0 Å². The zero-order valence-corrected chi connectivity index (χ0v) is 9.99. The maximum Gasteiger partial charge on any atom is 0.0431 e. The number of unbranched alkanes of at least 4 members (excludes halogenated alkanes) is 1. The van der Waals surface area contributed by atoms with Gasteiger partial charge in [-0.05, 0) is 51.6 Å². The lowest BCUT2D eigenvalue weighted by Gasteiger charge is -2.35. The highest BCUT2D eigenvalue weighted by atomic mass is 16.2. The van der Waals surface area contributed by atoms with E-state index in [-0.39, 0.29) is 0 Å². The Bertz CT molecular complexity index is 156. The second kappa shape index (κ2) is 7.20. The summed E-state index contributed by atoms with van der Waals surface area (Å²) in [5.74, 6) is 0. The van der Waals surface area contributed by atoms with Gasteiger partial charge in [0, 0.05) is 18.7 Å². The minimum absolute atomic E-state index is 0.326. The fourth-order valence-electron chi connectivity index (χ4n) is 2.49. The summed E-state index contributed by atoms with van der Waals surface area (Å²) in [5.41, 5.74) is 5.91. The summed E-state index contributed by atoms with van der Waals surface area (Å²) in [6, 6.07) is 1.19. The molecule has 1 rings (SSSR count). The Morgan fingerprint density at radius 1 is 1.20 bits per heavy atom. The minimum Gasteiger partial charge on any atom is -0.396 e. The first-order valence-electron chi connectivity index (χ1n) is 6.38. The third-order valence-electron chi connectivity index (χ3n) is 3.52. The molecule has 3 heteroatoms. The fourth-order valence-corrected chi connectivity index (χ4v) is 2.49. The van der Waals surface area contributed by atoms with Crippen molar-refractivity contribution in [3.8, 4) is 0 Å². The predicted molar refractivity (Wildman–Crippen MR) is 63.8 cm³/mol. The van der Waals surface area contributed by atoms with Crippen molar-refractivity contribution >= 4 is 0 Å². The maximum atomic E-state index is 8.76. The average molecular weight is 214 g/mol. The molecule has 0 unspecified atom stereocenters. The summed E-state index contributed by atoms with van der Waals surface area (Å²) in [5, 5.41) is 8.76. The molecule has 0 amide bonds. The van der Waals surface area contributed by atoms with E-state index in [0.717, 1.165) is 32.0 Å². The quantitative estimate of drug-likeness (QED) is 0.656. The molecule has 3 nitrogen and oxygen atoms in total. The number of nitrogens with zero attached hydrogens (tertiary/aromatic N) is 1. The maximum absolute atomic E-state index is 8.76. The molecule has 90 valence electrons. The van der Waals surface area contributed by atoms with Gasteiger partial charge < -0.3 is 15.7 Å². The van der Waals surface area contributed by atoms with Crippen LogP contribution in [0.5, 0.6) is 0 Å². The lowest BCUT2D eigenvalue weighted by atomic mass is 9.90. The van der Waals surface area contributed by atoms with Gasteiger partial charge in [0.25, 0.3) is 0 Å². The molecule has 0 heterocycles. The van der Waals surface area contributed by atoms with Crippen molar-refractivity contribution in [2.75, 3.05) is 19.7 Å². The Morgan fingerprint density at radius 3 is 2.40 bits per heavy atom. The van der Waals surface area contributed by atoms with E-state index in [0.29, 0.717) is 12.6 Å². The molecule has 1 fully saturated rings. The average Bonchev–Trinajstić information content (AvgIpc) is 2.26. The summed E-state index contributed by atoms with van der Waals surface area (Å²) in [4.78, 5) is 2.56. The summed E-state index contributed by atoms with van der Waals surface area (Å²) in [6.07, 6.45) is 6.93. The van der Waals surface area contributed by atoms with Crippen LogP contribution in [0.4, 0.5) is 0 Å². The van der Waals surface area contributed by atoms with E-state index in [1.54, 1.807) is 0 Å². The van der Waals surface area contributed by atoms with E-state index < -0.39 is 0 Å². The van der Waals surface area contributed by atoms with Gasteiger partial charge in [-0.15, -0.1) is 0 Å². The standard InChI is InChI=1S/C12H26N2O/c1-2-14(9-3-4-10-15)12-7-5-11(13)6-8-12/h11-12,15H,2-10,13H2,1H3. The lowest BCUT2D eigenvalue weighted by molar-refractivity contribution is 0.150. The highest BCUT2D eigenvalue weighted by Gasteiger charge is 2.22. The molecule has 0 atom stereocenters. The van der Waals surface area contributed by atoms with Crippen LogP contribution in [0.25, 0.3) is 0 Å². The Labute approximate surface area is 93.6 Å². The second-order valence-electron chi connectivity index (χ2n) is 4.63. The second-order valence-corrected chi connectivity index (χ2v) is 4.63. The summed E-state index contributed by atoms with van der Waals surface area (Å²) < 4.78 is 0. The van der Waals surface area contributed by atoms with E-state index in [1.165, 1.54) is 25.7 Å². The Morgan fingerprint density at radius 2 is 1.87 bits per heavy atom. The van der Waals surface area contributed by atoms with Gasteiger partial charge in [0.15, 0.2) is 0 Å². The Balaban J connectivity index is 2.24. The number of aliphatic hydroxyl groups is 1. The van der Waals surface area contributed by atoms with Crippen LogP contribution in [0, 0.1) is 0 Å². The monoisotopic (exact) mass is 214 g/mol. The summed E-state index contributed by atoms with van der Waals surface area (Å²) >= 11 is 0. The first kappa shape index (κ1) is 12.9. The van der Waals surface area contributed by atoms with Crippen LogP contribution < -0.4 is 5.73 Å². The molecule has 0 aromatic carbocycles. The summed E-state index contributed by atoms with van der Waals surface area (Å²) in [7, 11) is 0. The largest absolute Gasteiger partial charge is 0.396 e. The number of aliphatic hydroxyl groups excluding tert-OH is 1. The van der Waals surface area contributed by atoms with Crippen LogP contribution in [0.15, 0.2) is 0 Å². The molecule has 1 aliphatic rings. The molecule has 15 heavy (non-hydrogen) atoms. The van der Waals surface area contributed by atoms with Crippen molar-refractivity contribution in [1.82, 2.24) is 4.90 Å². The molecule has 0 aliphatic heterocycles. The van der Waals surface area contributed by atoms with Gasteiger partial charge in [-0.25, -0.2) is 0 Å². The van der Waals surface area contributed by atoms with Gasteiger partial charge in [-0.3, -0.25) is 0 Å². The third kappa shape index (κ3) is 4.49. The molecule has 0 aromatic heterocycles. The fraction of sp³-hybridized carbons (Fsp3) is 1.00. The molecule has 1 aliphatic carbocycles. The van der Waals surface area contributed by atoms with E-state index >= 15 is 0 Å². The highest BCUT2D eigenvalue weighted by Crippen LogP contribution is 2.22. The van der Waals surface area contributed by atoms with Gasteiger partial charge in [0.05, 0.1) is 0 Å². The van der Waals surface area contributed by atoms with Crippen LogP contribution in [-0.2, 0) is 0 Å². The van der Waals surface area contributed by atoms with Crippen molar-refractivity contribution in [3.63, 3.8) is 0 Å². The molecule has 0 aromatic rings. The van der Waals surface area contributed by atoms with Gasteiger partial charge in [-0.1, -0.05) is 6.92 Å². The van der Waals surface area contributed by atoms with Crippen LogP contribution >= 0.6 is 0 Å². The van der Waals surface area contributed by atoms with Crippen LogP contribution in [-0.4, -0.2) is 41.8 Å². The number of hydrogen-bond donors (Lipinski definition) is 2. The van der Waals surface area contributed by atoms with E-state index in [9.17, 15) is 0 Å². The molecule has 0 spiro atoms. The smallest absolute Gasteiger partial charge is 0.0431 e. The first-order valence-corrected chi connectivity index (χ1v) is 6.38. The van der Waals surface area contributed by atoms with Gasteiger partial charge in [-0.2, -0.15) is 0 Å². The van der Waals surface area contributed by atoms with Gasteiger partial charge in [0.2, 0.25) is 0 Å². The number of hydrogen-bond acceptors (Lipinski definition) is 3. The van der Waals surface area contributed by atoms with E-state index in [1.807, 2.05) is 0 Å². The third-order valence-corrected chi connectivity index (χ3v) is 3.52. The highest BCUT2D eigenvalue weighted by molar-refractivity contribution is 4.80. The molecular formula is C12H26N2O. The van der Waals surface area contributed by atoms with Crippen molar-refractivity contribution in [2.45, 2.75) is 57.5 Å². The molecular weight excluding hydrogens is 188 g/mol. The van der Waals surface area contributed by atoms with Crippen LogP contribution in [0.3, 0.4) is 0 Å². The van der Waals surface area contributed by atoms with Crippen LogP contribution in [0.2, 0.25) is 0 Å². The zero-order valence-electron chi connectivity index (χ0n) is 9.99. The van der Waals surface area contributed by atoms with Crippen molar-refractivity contribution < 1.29 is 5.11 Å². The zero-order chi connectivity index (χ0) is 11.1. The van der Waals surface area contributed by atoms with E-state index in [4.69, 9.17) is 10.8 Å². The van der Waals surface area contributed by atoms with Gasteiger partial charge >= 0.3 is 0 Å². The molecule has 1 saturated carbocycles. The van der Waals surface area contributed by atoms with E-state index in [2.05, 4.69) is 11.8 Å². The number of rotatable bonds is 6. The van der Waals surface area contributed by atoms with Crippen molar-refractivity contribution in [3.05, 3.63) is 0 Å². The topological polar surface area (TPSA) is 49.5 Å². The molecule has 0 bridgehead atoms. The van der Waals surface area contributed by atoms with Crippen molar-refractivity contribution in [2.24, 2.45) is 5.73 Å². The molecule has 0 saturated heterocycles. The number of nitrogens with two attached hydrogens (primary N) is 1. The van der Waals surface area contributed by atoms with Crippen LogP contribution in [0.1, 0.15) is 45.4 Å². The first-order chi connectivity index (χ1) is 7.27. The molecule has 0 radical (unpaired) electrons. The van der Waals surface area contributed by atoms with Crippen molar-refractivity contribution in [1.29, 1.82) is 0 Å². The lowest BCUT2D eigenvalue weighted by Crippen LogP contribution is -2.41. The SMILES string of the molecule is CCN(CCCCO)C1CCC(N)CC1. The Hall–Kier alpha value is -0.120.